The standard InChI is InChI=1S/C15H28O2/c1-6-8-9-11-13(10-7-2)17-14(16)12-15(3,4)5/h10H,6-9,11-12H2,1-5H3. The second kappa shape index (κ2) is 8.32. The lowest BCUT2D eigenvalue weighted by molar-refractivity contribution is -0.141. The van der Waals surface area contributed by atoms with Crippen LogP contribution in [0.25, 0.3) is 0 Å². The molecule has 0 aromatic carbocycles. The summed E-state index contributed by atoms with van der Waals surface area (Å²) < 4.78 is 5.44. The monoisotopic (exact) mass is 240 g/mol. The number of rotatable bonds is 7. The average molecular weight is 240 g/mol. The minimum absolute atomic E-state index is 0.00216. The second-order valence-corrected chi connectivity index (χ2v) is 5.75. The molecule has 2 nitrogen and oxygen atoms in total. The summed E-state index contributed by atoms with van der Waals surface area (Å²) in [7, 11) is 0. The fourth-order valence-corrected chi connectivity index (χ4v) is 1.59. The normalized spacial score (nSPS) is 12.6. The topological polar surface area (TPSA) is 26.3 Å². The Morgan fingerprint density at radius 1 is 1.18 bits per heavy atom. The molecule has 100 valence electrons. The highest BCUT2D eigenvalue weighted by molar-refractivity contribution is 5.71. The molecule has 0 rings (SSSR count). The third-order valence-corrected chi connectivity index (χ3v) is 2.38. The summed E-state index contributed by atoms with van der Waals surface area (Å²) >= 11 is 0. The quantitative estimate of drug-likeness (QED) is 0.361. The fourth-order valence-electron chi connectivity index (χ4n) is 1.59. The lowest BCUT2D eigenvalue weighted by Crippen LogP contribution is -2.15. The Kier molecular flexibility index (Phi) is 7.94. The predicted octanol–water partition coefficient (Wildman–Crippen LogP) is 4.84. The van der Waals surface area contributed by atoms with Crippen molar-refractivity contribution in [2.45, 2.75) is 73.1 Å². The SMILES string of the molecule is CCC=C(CCCCC)OC(=O)CC(C)(C)C. The van der Waals surface area contributed by atoms with Crippen LogP contribution in [0.1, 0.15) is 73.1 Å². The highest BCUT2D eigenvalue weighted by Crippen LogP contribution is 2.21. The van der Waals surface area contributed by atoms with E-state index in [4.69, 9.17) is 4.74 Å². The number of ether oxygens (including phenoxy) is 1. The number of hydrogen-bond donors (Lipinski definition) is 0. The summed E-state index contributed by atoms with van der Waals surface area (Å²) in [6.07, 6.45) is 7.79. The maximum atomic E-state index is 11.7. The number of esters is 1. The van der Waals surface area contributed by atoms with Crippen LogP contribution >= 0.6 is 0 Å². The van der Waals surface area contributed by atoms with Gasteiger partial charge in [-0.05, 0) is 24.3 Å². The molecule has 0 saturated carbocycles. The second-order valence-electron chi connectivity index (χ2n) is 5.75. The minimum atomic E-state index is -0.103. The van der Waals surface area contributed by atoms with Crippen LogP contribution < -0.4 is 0 Å². The highest BCUT2D eigenvalue weighted by atomic mass is 16.5. The third-order valence-electron chi connectivity index (χ3n) is 2.38. The van der Waals surface area contributed by atoms with E-state index in [1.54, 1.807) is 0 Å². The van der Waals surface area contributed by atoms with Crippen molar-refractivity contribution in [3.8, 4) is 0 Å². The van der Waals surface area contributed by atoms with E-state index in [0.29, 0.717) is 6.42 Å². The van der Waals surface area contributed by atoms with Gasteiger partial charge in [0.2, 0.25) is 0 Å². The van der Waals surface area contributed by atoms with E-state index in [-0.39, 0.29) is 11.4 Å². The number of allylic oxidation sites excluding steroid dienone is 2. The van der Waals surface area contributed by atoms with Gasteiger partial charge in [-0.2, -0.15) is 0 Å². The lowest BCUT2D eigenvalue weighted by Gasteiger charge is -2.17. The zero-order valence-electron chi connectivity index (χ0n) is 12.1. The first kappa shape index (κ1) is 16.2. The summed E-state index contributed by atoms with van der Waals surface area (Å²) in [4.78, 5) is 11.7. The Morgan fingerprint density at radius 3 is 2.29 bits per heavy atom. The van der Waals surface area contributed by atoms with Gasteiger partial charge in [0.05, 0.1) is 6.42 Å². The molecule has 0 N–H and O–H groups in total. The summed E-state index contributed by atoms with van der Waals surface area (Å²) in [5, 5.41) is 0. The summed E-state index contributed by atoms with van der Waals surface area (Å²) in [6.45, 7) is 10.4. The Labute approximate surface area is 106 Å². The van der Waals surface area contributed by atoms with Crippen molar-refractivity contribution in [3.05, 3.63) is 11.8 Å². The first-order valence-corrected chi connectivity index (χ1v) is 6.78. The van der Waals surface area contributed by atoms with Gasteiger partial charge >= 0.3 is 5.97 Å². The number of carbonyl (C=O) groups is 1. The van der Waals surface area contributed by atoms with Crippen LogP contribution in [0, 0.1) is 5.41 Å². The molecule has 0 unspecified atom stereocenters. The smallest absolute Gasteiger partial charge is 0.311 e. The Morgan fingerprint density at radius 2 is 1.82 bits per heavy atom. The molecule has 0 aliphatic heterocycles. The molecule has 17 heavy (non-hydrogen) atoms. The first-order valence-electron chi connectivity index (χ1n) is 6.78. The van der Waals surface area contributed by atoms with Crippen molar-refractivity contribution in [1.29, 1.82) is 0 Å². The third kappa shape index (κ3) is 10.1. The Balaban J connectivity index is 4.16. The van der Waals surface area contributed by atoms with Gasteiger partial charge in [-0.25, -0.2) is 0 Å². The van der Waals surface area contributed by atoms with Crippen molar-refractivity contribution in [2.24, 2.45) is 5.41 Å². The van der Waals surface area contributed by atoms with E-state index in [0.717, 1.165) is 25.0 Å². The van der Waals surface area contributed by atoms with Crippen LogP contribution in [0.5, 0.6) is 0 Å². The minimum Gasteiger partial charge on any atom is -0.431 e. The zero-order valence-corrected chi connectivity index (χ0v) is 12.1. The van der Waals surface area contributed by atoms with Crippen LogP contribution in [0.2, 0.25) is 0 Å². The van der Waals surface area contributed by atoms with E-state index in [1.165, 1.54) is 12.8 Å². The largest absolute Gasteiger partial charge is 0.431 e. The molecule has 0 amide bonds. The Bertz CT molecular complexity index is 246. The van der Waals surface area contributed by atoms with Crippen LogP contribution in [0.3, 0.4) is 0 Å². The van der Waals surface area contributed by atoms with Gasteiger partial charge in [0.15, 0.2) is 0 Å². The number of unbranched alkanes of at least 4 members (excludes halogenated alkanes) is 2. The summed E-state index contributed by atoms with van der Waals surface area (Å²) in [5.41, 5.74) is -0.00216. The summed E-state index contributed by atoms with van der Waals surface area (Å²) in [5.74, 6) is 0.754. The maximum absolute atomic E-state index is 11.7. The van der Waals surface area contributed by atoms with Gasteiger partial charge in [0.1, 0.15) is 5.76 Å². The van der Waals surface area contributed by atoms with Crippen LogP contribution in [0.4, 0.5) is 0 Å². The van der Waals surface area contributed by atoms with E-state index >= 15 is 0 Å². The van der Waals surface area contributed by atoms with Gasteiger partial charge in [0, 0.05) is 6.42 Å². The molecule has 0 saturated heterocycles. The van der Waals surface area contributed by atoms with Crippen molar-refractivity contribution in [2.75, 3.05) is 0 Å². The molecule has 0 bridgehead atoms. The molecule has 0 atom stereocenters. The maximum Gasteiger partial charge on any atom is 0.311 e. The molecule has 0 aromatic heterocycles. The molecule has 0 heterocycles. The van der Waals surface area contributed by atoms with Crippen LogP contribution in [-0.2, 0) is 9.53 Å². The molecule has 0 aliphatic rings. The molecular weight excluding hydrogens is 212 g/mol. The van der Waals surface area contributed by atoms with Crippen LogP contribution in [-0.4, -0.2) is 5.97 Å². The predicted molar refractivity (Wildman–Crippen MR) is 72.7 cm³/mol. The zero-order chi connectivity index (χ0) is 13.3. The van der Waals surface area contributed by atoms with Crippen LogP contribution in [0.15, 0.2) is 11.8 Å². The molecule has 0 spiro atoms. The highest BCUT2D eigenvalue weighted by Gasteiger charge is 2.18. The van der Waals surface area contributed by atoms with Gasteiger partial charge < -0.3 is 4.74 Å². The molecule has 2 heteroatoms. The van der Waals surface area contributed by atoms with Crippen molar-refractivity contribution >= 4 is 5.97 Å². The fraction of sp³-hybridized carbons (Fsp3) is 0.800. The first-order chi connectivity index (χ1) is 7.89. The molecule has 0 aliphatic carbocycles. The molecule has 0 aromatic rings. The van der Waals surface area contributed by atoms with E-state index in [2.05, 4.69) is 34.6 Å². The van der Waals surface area contributed by atoms with Gasteiger partial charge in [-0.15, -0.1) is 0 Å². The average Bonchev–Trinajstić information content (AvgIpc) is 2.15. The van der Waals surface area contributed by atoms with E-state index < -0.39 is 0 Å². The lowest BCUT2D eigenvalue weighted by atomic mass is 9.92. The Hall–Kier alpha value is -0.790. The summed E-state index contributed by atoms with van der Waals surface area (Å²) in [6, 6.07) is 0. The van der Waals surface area contributed by atoms with Crippen molar-refractivity contribution in [1.82, 2.24) is 0 Å². The molecule has 0 fully saturated rings. The van der Waals surface area contributed by atoms with E-state index in [9.17, 15) is 4.79 Å². The molecule has 0 radical (unpaired) electrons. The van der Waals surface area contributed by atoms with Gasteiger partial charge in [-0.1, -0.05) is 47.5 Å². The van der Waals surface area contributed by atoms with Crippen molar-refractivity contribution < 1.29 is 9.53 Å². The van der Waals surface area contributed by atoms with Crippen molar-refractivity contribution in [3.63, 3.8) is 0 Å². The van der Waals surface area contributed by atoms with E-state index in [1.807, 2.05) is 6.08 Å². The number of hydrogen-bond acceptors (Lipinski definition) is 2. The van der Waals surface area contributed by atoms with Gasteiger partial charge in [0.25, 0.3) is 0 Å². The number of carbonyl (C=O) groups excluding carboxylic acids is 1. The molecular formula is C15H28O2. The van der Waals surface area contributed by atoms with Gasteiger partial charge in [-0.3, -0.25) is 4.79 Å².